The van der Waals surface area contributed by atoms with E-state index in [0.717, 1.165) is 12.8 Å². The molecule has 64 valence electrons. The highest BCUT2D eigenvalue weighted by Gasteiger charge is 2.15. The van der Waals surface area contributed by atoms with Crippen LogP contribution in [-0.4, -0.2) is 0 Å². The van der Waals surface area contributed by atoms with Gasteiger partial charge in [-0.1, -0.05) is 23.8 Å². The molecule has 0 bridgehead atoms. The Morgan fingerprint density at radius 2 is 2.58 bits per heavy atom. The number of allylic oxidation sites excluding steroid dienone is 3. The molecule has 0 aromatic carbocycles. The van der Waals surface area contributed by atoms with Crippen LogP contribution >= 0.6 is 0 Å². The molecule has 1 aliphatic carbocycles. The van der Waals surface area contributed by atoms with Crippen LogP contribution in [0.1, 0.15) is 32.6 Å². The Kier molecular flexibility index (Phi) is 3.10. The van der Waals surface area contributed by atoms with Crippen LogP contribution in [0.2, 0.25) is 0 Å². The van der Waals surface area contributed by atoms with E-state index in [1.165, 1.54) is 17.6 Å². The highest BCUT2D eigenvalue weighted by atomic mass is 14.3. The van der Waals surface area contributed by atoms with Crippen LogP contribution in [0.4, 0.5) is 0 Å². The van der Waals surface area contributed by atoms with Crippen LogP contribution in [-0.2, 0) is 0 Å². The molecule has 1 aliphatic rings. The summed E-state index contributed by atoms with van der Waals surface area (Å²) >= 11 is 0. The van der Waals surface area contributed by atoms with Crippen molar-refractivity contribution in [2.75, 3.05) is 0 Å². The zero-order valence-electron chi connectivity index (χ0n) is 7.64. The maximum Gasteiger partial charge on any atom is 0.0666 e. The fourth-order valence-corrected chi connectivity index (χ4v) is 1.66. The molecule has 1 heteroatoms. The van der Waals surface area contributed by atoms with Gasteiger partial charge < -0.3 is 0 Å². The zero-order chi connectivity index (χ0) is 8.97. The van der Waals surface area contributed by atoms with Gasteiger partial charge in [-0.15, -0.1) is 0 Å². The van der Waals surface area contributed by atoms with Crippen molar-refractivity contribution in [2.24, 2.45) is 5.92 Å². The van der Waals surface area contributed by atoms with Crippen molar-refractivity contribution >= 4 is 0 Å². The number of nitrogens with zero attached hydrogens (tertiary/aromatic N) is 1. The first kappa shape index (κ1) is 9.06. The predicted octanol–water partition coefficient (Wildman–Crippen LogP) is 3.20. The van der Waals surface area contributed by atoms with Gasteiger partial charge in [0, 0.05) is 0 Å². The highest BCUT2D eigenvalue weighted by molar-refractivity contribution is 5.15. The molecular weight excluding hydrogens is 146 g/mol. The van der Waals surface area contributed by atoms with E-state index in [-0.39, 0.29) is 0 Å². The summed E-state index contributed by atoms with van der Waals surface area (Å²) in [4.78, 5) is 0. The van der Waals surface area contributed by atoms with Gasteiger partial charge in [0.1, 0.15) is 0 Å². The first-order valence-corrected chi connectivity index (χ1v) is 4.44. The van der Waals surface area contributed by atoms with Crippen LogP contribution < -0.4 is 0 Å². The van der Waals surface area contributed by atoms with Gasteiger partial charge in [0.05, 0.1) is 12.5 Å². The molecule has 0 radical (unpaired) electrons. The first-order chi connectivity index (χ1) is 5.74. The maximum absolute atomic E-state index is 8.53. The van der Waals surface area contributed by atoms with Gasteiger partial charge >= 0.3 is 0 Å². The summed E-state index contributed by atoms with van der Waals surface area (Å²) in [6.07, 6.45) is 6.20. The largest absolute Gasteiger partial charge is 0.198 e. The lowest BCUT2D eigenvalue weighted by Gasteiger charge is -2.21. The lowest BCUT2D eigenvalue weighted by molar-refractivity contribution is 0.532. The van der Waals surface area contributed by atoms with E-state index in [0.29, 0.717) is 12.3 Å². The smallest absolute Gasteiger partial charge is 0.0666 e. The summed E-state index contributed by atoms with van der Waals surface area (Å²) in [5, 5.41) is 8.53. The molecule has 0 saturated carbocycles. The molecule has 0 heterocycles. The summed E-state index contributed by atoms with van der Waals surface area (Å²) in [7, 11) is 0. The second kappa shape index (κ2) is 4.11. The summed E-state index contributed by atoms with van der Waals surface area (Å²) in [6.45, 7) is 6.05. The van der Waals surface area contributed by atoms with E-state index in [9.17, 15) is 0 Å². The lowest BCUT2D eigenvalue weighted by atomic mass is 9.84. The average molecular weight is 161 g/mol. The van der Waals surface area contributed by atoms with E-state index in [1.54, 1.807) is 0 Å². The second-order valence-corrected chi connectivity index (χ2v) is 3.52. The van der Waals surface area contributed by atoms with Crippen molar-refractivity contribution in [3.63, 3.8) is 0 Å². The third-order valence-corrected chi connectivity index (χ3v) is 2.46. The van der Waals surface area contributed by atoms with Gasteiger partial charge in [0.2, 0.25) is 0 Å². The highest BCUT2D eigenvalue weighted by Crippen LogP contribution is 2.29. The average Bonchev–Trinajstić information content (AvgIpc) is 2.05. The minimum absolute atomic E-state index is 0.601. The molecule has 1 atom stereocenters. The monoisotopic (exact) mass is 161 g/mol. The standard InChI is InChI=1S/C11H15N/c1-9(2)11-5-3-4-10(8-11)6-7-12/h4,11H,1,3,5-6,8H2,2H3. The SMILES string of the molecule is C=C(C)C1CCC=C(CC#N)C1. The van der Waals surface area contributed by atoms with Gasteiger partial charge in [0.15, 0.2) is 0 Å². The lowest BCUT2D eigenvalue weighted by Crippen LogP contribution is -2.07. The quantitative estimate of drug-likeness (QED) is 0.570. The van der Waals surface area contributed by atoms with Crippen molar-refractivity contribution in [3.05, 3.63) is 23.8 Å². The summed E-state index contributed by atoms with van der Waals surface area (Å²) in [5.41, 5.74) is 2.57. The first-order valence-electron chi connectivity index (χ1n) is 4.44. The molecule has 0 aromatic heterocycles. The van der Waals surface area contributed by atoms with Gasteiger partial charge in [-0.05, 0) is 32.1 Å². The molecular formula is C11H15N. The van der Waals surface area contributed by atoms with Crippen molar-refractivity contribution in [1.29, 1.82) is 5.26 Å². The number of rotatable bonds is 2. The molecule has 1 nitrogen and oxygen atoms in total. The minimum atomic E-state index is 0.601. The van der Waals surface area contributed by atoms with Crippen molar-refractivity contribution in [2.45, 2.75) is 32.6 Å². The van der Waals surface area contributed by atoms with Crippen molar-refractivity contribution < 1.29 is 0 Å². The second-order valence-electron chi connectivity index (χ2n) is 3.52. The molecule has 1 rings (SSSR count). The van der Waals surface area contributed by atoms with Gasteiger partial charge in [-0.2, -0.15) is 5.26 Å². The molecule has 1 unspecified atom stereocenters. The van der Waals surface area contributed by atoms with Crippen molar-refractivity contribution in [3.8, 4) is 6.07 Å². The van der Waals surface area contributed by atoms with E-state index in [2.05, 4.69) is 25.6 Å². The molecule has 0 N–H and O–H groups in total. The van der Waals surface area contributed by atoms with Crippen molar-refractivity contribution in [1.82, 2.24) is 0 Å². The maximum atomic E-state index is 8.53. The third kappa shape index (κ3) is 2.23. The van der Waals surface area contributed by atoms with Crippen LogP contribution in [0.5, 0.6) is 0 Å². The van der Waals surface area contributed by atoms with Crippen LogP contribution in [0, 0.1) is 17.2 Å². The molecule has 0 fully saturated rings. The van der Waals surface area contributed by atoms with Crippen LogP contribution in [0.15, 0.2) is 23.8 Å². The van der Waals surface area contributed by atoms with Crippen LogP contribution in [0.3, 0.4) is 0 Å². The Bertz CT molecular complexity index is 242. The Morgan fingerprint density at radius 3 is 3.17 bits per heavy atom. The number of hydrogen-bond donors (Lipinski definition) is 0. The normalized spacial score (nSPS) is 22.7. The topological polar surface area (TPSA) is 23.8 Å². The molecule has 0 amide bonds. The molecule has 0 saturated heterocycles. The molecule has 0 aliphatic heterocycles. The Hall–Kier alpha value is -1.03. The fourth-order valence-electron chi connectivity index (χ4n) is 1.66. The summed E-state index contributed by atoms with van der Waals surface area (Å²) in [6, 6.07) is 2.20. The molecule has 0 spiro atoms. The zero-order valence-corrected chi connectivity index (χ0v) is 7.64. The van der Waals surface area contributed by atoms with E-state index in [1.807, 2.05) is 0 Å². The predicted molar refractivity (Wildman–Crippen MR) is 50.5 cm³/mol. The molecule has 0 aromatic rings. The summed E-state index contributed by atoms with van der Waals surface area (Å²) in [5.74, 6) is 0.623. The third-order valence-electron chi connectivity index (χ3n) is 2.46. The van der Waals surface area contributed by atoms with Gasteiger partial charge in [0.25, 0.3) is 0 Å². The van der Waals surface area contributed by atoms with Gasteiger partial charge in [-0.25, -0.2) is 0 Å². The van der Waals surface area contributed by atoms with Gasteiger partial charge in [-0.3, -0.25) is 0 Å². The van der Waals surface area contributed by atoms with E-state index < -0.39 is 0 Å². The van der Waals surface area contributed by atoms with E-state index >= 15 is 0 Å². The Balaban J connectivity index is 2.54. The number of hydrogen-bond acceptors (Lipinski definition) is 1. The fraction of sp³-hybridized carbons (Fsp3) is 0.545. The Morgan fingerprint density at radius 1 is 1.83 bits per heavy atom. The molecule has 12 heavy (non-hydrogen) atoms. The van der Waals surface area contributed by atoms with Crippen LogP contribution in [0.25, 0.3) is 0 Å². The Labute approximate surface area is 74.4 Å². The summed E-state index contributed by atoms with van der Waals surface area (Å²) < 4.78 is 0. The number of nitriles is 1. The minimum Gasteiger partial charge on any atom is -0.198 e. The van der Waals surface area contributed by atoms with E-state index in [4.69, 9.17) is 5.26 Å².